The lowest BCUT2D eigenvalue weighted by molar-refractivity contribution is 0.0336. The van der Waals surface area contributed by atoms with Crippen LogP contribution in [0.4, 0.5) is 0 Å². The van der Waals surface area contributed by atoms with Crippen molar-refractivity contribution in [1.82, 2.24) is 5.32 Å². The number of carbonyl (C=O) groups is 1. The van der Waals surface area contributed by atoms with E-state index in [-0.39, 0.29) is 18.3 Å². The Morgan fingerprint density at radius 2 is 1.84 bits per heavy atom. The second kappa shape index (κ2) is 9.58. The van der Waals surface area contributed by atoms with Gasteiger partial charge in [-0.15, -0.1) is 0 Å². The summed E-state index contributed by atoms with van der Waals surface area (Å²) in [6, 6.07) is 18.8. The highest BCUT2D eigenvalue weighted by atomic mass is 79.9. The van der Waals surface area contributed by atoms with Crippen LogP contribution in [0.25, 0.3) is 0 Å². The molecule has 0 aliphatic carbocycles. The van der Waals surface area contributed by atoms with Gasteiger partial charge in [-0.3, -0.25) is 4.79 Å². The molecular weight excluding hydrogens is 462 g/mol. The topological polar surface area (TPSA) is 69.9 Å². The van der Waals surface area contributed by atoms with Gasteiger partial charge < -0.3 is 23.9 Å². The van der Waals surface area contributed by atoms with Crippen molar-refractivity contribution < 1.29 is 23.4 Å². The number of para-hydroxylation sites is 2. The maximum atomic E-state index is 13.0. The van der Waals surface area contributed by atoms with Crippen LogP contribution in [0.5, 0.6) is 11.5 Å². The smallest absolute Gasteiger partial charge is 0.287 e. The van der Waals surface area contributed by atoms with E-state index in [2.05, 4.69) is 21.2 Å². The molecule has 0 saturated carbocycles. The first-order chi connectivity index (χ1) is 15.1. The molecule has 0 unspecified atom stereocenters. The molecule has 1 amide bonds. The number of furan rings is 1. The molecule has 0 atom stereocenters. The van der Waals surface area contributed by atoms with Crippen LogP contribution in [0.3, 0.4) is 0 Å². The molecule has 3 aromatic rings. The van der Waals surface area contributed by atoms with E-state index >= 15 is 0 Å². The number of hydrogen-bond donors (Lipinski definition) is 1. The molecule has 1 aromatic heterocycles. The monoisotopic (exact) mass is 485 g/mol. The van der Waals surface area contributed by atoms with Crippen LogP contribution in [0.1, 0.15) is 34.7 Å². The third kappa shape index (κ3) is 4.94. The van der Waals surface area contributed by atoms with Gasteiger partial charge in [0.25, 0.3) is 5.91 Å². The quantitative estimate of drug-likeness (QED) is 0.506. The summed E-state index contributed by atoms with van der Waals surface area (Å²) in [5.41, 5.74) is 0.546. The minimum Gasteiger partial charge on any atom is -0.493 e. The van der Waals surface area contributed by atoms with Crippen molar-refractivity contribution >= 4 is 21.8 Å². The molecule has 2 heterocycles. The molecule has 0 spiro atoms. The predicted octanol–water partition coefficient (Wildman–Crippen LogP) is 5.07. The highest BCUT2D eigenvalue weighted by molar-refractivity contribution is 9.10. The lowest BCUT2D eigenvalue weighted by Crippen LogP contribution is -2.49. The minimum absolute atomic E-state index is 0.193. The Bertz CT molecular complexity index is 1040. The summed E-state index contributed by atoms with van der Waals surface area (Å²) in [6.45, 7) is 1.37. The fourth-order valence-corrected chi connectivity index (χ4v) is 4.13. The summed E-state index contributed by atoms with van der Waals surface area (Å²) in [7, 11) is 1.59. The molecule has 6 nitrogen and oxygen atoms in total. The van der Waals surface area contributed by atoms with Gasteiger partial charge >= 0.3 is 0 Å². The Kier molecular flexibility index (Phi) is 6.63. The van der Waals surface area contributed by atoms with Crippen molar-refractivity contribution in [2.24, 2.45) is 0 Å². The van der Waals surface area contributed by atoms with Crippen LogP contribution >= 0.6 is 15.9 Å². The highest BCUT2D eigenvalue weighted by Crippen LogP contribution is 2.34. The number of ether oxygens (including phenoxy) is 3. The molecule has 7 heteroatoms. The molecule has 2 aromatic carbocycles. The lowest BCUT2D eigenvalue weighted by atomic mass is 9.82. The van der Waals surface area contributed by atoms with Gasteiger partial charge in [-0.05, 0) is 54.8 Å². The molecule has 162 valence electrons. The number of rotatable bonds is 7. The summed E-state index contributed by atoms with van der Waals surface area (Å²) in [5, 5.41) is 3.20. The number of amides is 1. The first kappa shape index (κ1) is 21.5. The average Bonchev–Trinajstić information content (AvgIpc) is 3.28. The molecule has 1 aliphatic rings. The first-order valence-electron chi connectivity index (χ1n) is 10.1. The number of methoxy groups -OCH3 is 1. The van der Waals surface area contributed by atoms with Gasteiger partial charge in [0.05, 0.1) is 12.6 Å². The van der Waals surface area contributed by atoms with Crippen LogP contribution in [-0.4, -0.2) is 26.2 Å². The Hall–Kier alpha value is -2.77. The highest BCUT2D eigenvalue weighted by Gasteiger charge is 2.37. The number of hydrogen-bond acceptors (Lipinski definition) is 5. The Morgan fingerprint density at radius 1 is 1.06 bits per heavy atom. The maximum absolute atomic E-state index is 13.0. The van der Waals surface area contributed by atoms with E-state index in [4.69, 9.17) is 18.6 Å². The van der Waals surface area contributed by atoms with Crippen molar-refractivity contribution in [3.63, 3.8) is 0 Å². The van der Waals surface area contributed by atoms with Crippen molar-refractivity contribution in [1.29, 1.82) is 0 Å². The molecule has 1 fully saturated rings. The summed E-state index contributed by atoms with van der Waals surface area (Å²) < 4.78 is 23.4. The Labute approximate surface area is 189 Å². The summed E-state index contributed by atoms with van der Waals surface area (Å²) in [5.74, 6) is 1.80. The van der Waals surface area contributed by atoms with Crippen LogP contribution < -0.4 is 14.8 Å². The van der Waals surface area contributed by atoms with Gasteiger partial charge in [-0.2, -0.15) is 0 Å². The van der Waals surface area contributed by atoms with Gasteiger partial charge in [0, 0.05) is 17.7 Å². The van der Waals surface area contributed by atoms with E-state index in [0.29, 0.717) is 43.3 Å². The van der Waals surface area contributed by atoms with Crippen LogP contribution in [0, 0.1) is 0 Å². The largest absolute Gasteiger partial charge is 0.493 e. The number of benzene rings is 2. The molecule has 0 radical (unpaired) electrons. The Morgan fingerprint density at radius 3 is 2.58 bits per heavy atom. The van der Waals surface area contributed by atoms with Gasteiger partial charge in [0.2, 0.25) is 0 Å². The van der Waals surface area contributed by atoms with Gasteiger partial charge in [-0.25, -0.2) is 0 Å². The van der Waals surface area contributed by atoms with E-state index in [0.717, 1.165) is 10.0 Å². The number of carbonyl (C=O) groups excluding carboxylic acids is 1. The van der Waals surface area contributed by atoms with Crippen LogP contribution in [0.15, 0.2) is 69.6 Å². The summed E-state index contributed by atoms with van der Waals surface area (Å²) in [6.07, 6.45) is 1.39. The van der Waals surface area contributed by atoms with Crippen molar-refractivity contribution in [2.75, 3.05) is 20.3 Å². The van der Waals surface area contributed by atoms with Crippen LogP contribution in [-0.2, 0) is 16.9 Å². The Balaban J connectivity index is 1.47. The normalized spacial score (nSPS) is 15.3. The number of nitrogens with one attached hydrogen (secondary N) is 1. The fourth-order valence-electron chi connectivity index (χ4n) is 3.74. The molecule has 0 bridgehead atoms. The third-order valence-electron chi connectivity index (χ3n) is 5.40. The van der Waals surface area contributed by atoms with Crippen molar-refractivity contribution in [3.05, 3.63) is 82.2 Å². The SMILES string of the molecule is COc1ccccc1OCc1ccc(C(=O)NC2(c3cccc(Br)c3)CCOCC2)o1. The molecule has 1 aliphatic heterocycles. The van der Waals surface area contributed by atoms with Gasteiger partial charge in [0.1, 0.15) is 12.4 Å². The second-order valence-electron chi connectivity index (χ2n) is 7.36. The molecule has 1 saturated heterocycles. The van der Waals surface area contributed by atoms with Crippen LogP contribution in [0.2, 0.25) is 0 Å². The van der Waals surface area contributed by atoms with Gasteiger partial charge in [0.15, 0.2) is 17.3 Å². The van der Waals surface area contributed by atoms with E-state index in [1.54, 1.807) is 19.2 Å². The summed E-state index contributed by atoms with van der Waals surface area (Å²) >= 11 is 3.53. The lowest BCUT2D eigenvalue weighted by Gasteiger charge is -2.38. The average molecular weight is 486 g/mol. The van der Waals surface area contributed by atoms with Crippen molar-refractivity contribution in [2.45, 2.75) is 25.0 Å². The van der Waals surface area contributed by atoms with Gasteiger partial charge in [-0.1, -0.05) is 40.2 Å². The molecule has 31 heavy (non-hydrogen) atoms. The zero-order valence-corrected chi connectivity index (χ0v) is 18.8. The minimum atomic E-state index is -0.500. The van der Waals surface area contributed by atoms with E-state index in [9.17, 15) is 4.79 Å². The molecular formula is C24H24BrNO5. The van der Waals surface area contributed by atoms with Crippen molar-refractivity contribution in [3.8, 4) is 11.5 Å². The fraction of sp³-hybridized carbons (Fsp3) is 0.292. The number of halogens is 1. The second-order valence-corrected chi connectivity index (χ2v) is 8.28. The van der Waals surface area contributed by atoms with E-state index in [1.165, 1.54) is 0 Å². The molecule has 4 rings (SSSR count). The zero-order valence-electron chi connectivity index (χ0n) is 17.2. The standard InChI is InChI=1S/C24H24BrNO5/c1-28-20-7-2-3-8-21(20)30-16-19-9-10-22(31-19)23(27)26-24(11-13-29-14-12-24)17-5-4-6-18(25)15-17/h2-10,15H,11-14,16H2,1H3,(H,26,27). The zero-order chi connectivity index (χ0) is 21.7. The maximum Gasteiger partial charge on any atom is 0.287 e. The first-order valence-corrected chi connectivity index (χ1v) is 10.9. The predicted molar refractivity (Wildman–Crippen MR) is 119 cm³/mol. The van der Waals surface area contributed by atoms with E-state index in [1.807, 2.05) is 48.5 Å². The van der Waals surface area contributed by atoms with E-state index < -0.39 is 5.54 Å². The molecule has 1 N–H and O–H groups in total. The third-order valence-corrected chi connectivity index (χ3v) is 5.89. The summed E-state index contributed by atoms with van der Waals surface area (Å²) in [4.78, 5) is 13.0.